The van der Waals surface area contributed by atoms with E-state index in [1.54, 1.807) is 30.3 Å². The highest BCUT2D eigenvalue weighted by Crippen LogP contribution is 2.05. The number of methoxy groups -OCH3 is 1. The van der Waals surface area contributed by atoms with E-state index in [2.05, 4.69) is 9.47 Å². The van der Waals surface area contributed by atoms with Gasteiger partial charge in [0.2, 0.25) is 6.29 Å². The standard InChI is InChI=1S/C11H12O5/c1-8(16-11(13)14-2)15-10(12)9-6-4-3-5-7-9/h3-8H,1-2H3. The van der Waals surface area contributed by atoms with Crippen LogP contribution in [0.2, 0.25) is 0 Å². The Labute approximate surface area is 92.9 Å². The van der Waals surface area contributed by atoms with Gasteiger partial charge in [0, 0.05) is 6.92 Å². The number of hydrogen-bond donors (Lipinski definition) is 0. The Morgan fingerprint density at radius 2 is 1.75 bits per heavy atom. The average Bonchev–Trinajstić information content (AvgIpc) is 2.29. The molecule has 0 spiro atoms. The number of carbonyl (C=O) groups is 2. The maximum Gasteiger partial charge on any atom is 0.511 e. The third-order valence-electron chi connectivity index (χ3n) is 1.71. The molecule has 0 aromatic heterocycles. The third kappa shape index (κ3) is 3.61. The predicted molar refractivity (Wildman–Crippen MR) is 54.8 cm³/mol. The topological polar surface area (TPSA) is 61.8 Å². The van der Waals surface area contributed by atoms with Gasteiger partial charge in [0.25, 0.3) is 0 Å². The summed E-state index contributed by atoms with van der Waals surface area (Å²) in [5, 5.41) is 0. The molecule has 0 heterocycles. The van der Waals surface area contributed by atoms with Crippen LogP contribution in [0.15, 0.2) is 30.3 Å². The highest BCUT2D eigenvalue weighted by Gasteiger charge is 2.15. The Morgan fingerprint density at radius 1 is 1.12 bits per heavy atom. The van der Waals surface area contributed by atoms with Gasteiger partial charge in [0.05, 0.1) is 12.7 Å². The summed E-state index contributed by atoms with van der Waals surface area (Å²) in [7, 11) is 1.17. The maximum atomic E-state index is 11.5. The van der Waals surface area contributed by atoms with Gasteiger partial charge in [-0.05, 0) is 12.1 Å². The number of ether oxygens (including phenoxy) is 3. The SMILES string of the molecule is COC(=O)OC(C)OC(=O)c1ccccc1. The van der Waals surface area contributed by atoms with Crippen molar-refractivity contribution in [2.45, 2.75) is 13.2 Å². The summed E-state index contributed by atoms with van der Waals surface area (Å²) < 4.78 is 13.7. The lowest BCUT2D eigenvalue weighted by Crippen LogP contribution is -2.21. The van der Waals surface area contributed by atoms with Crippen molar-refractivity contribution in [2.24, 2.45) is 0 Å². The molecule has 1 unspecified atom stereocenters. The summed E-state index contributed by atoms with van der Waals surface area (Å²) in [5.41, 5.74) is 0.391. The van der Waals surface area contributed by atoms with E-state index in [4.69, 9.17) is 4.74 Å². The van der Waals surface area contributed by atoms with Gasteiger partial charge in [-0.25, -0.2) is 9.59 Å². The zero-order valence-electron chi connectivity index (χ0n) is 9.01. The van der Waals surface area contributed by atoms with Crippen LogP contribution in [0.25, 0.3) is 0 Å². The Bertz CT molecular complexity index is 360. The van der Waals surface area contributed by atoms with Crippen LogP contribution >= 0.6 is 0 Å². The number of rotatable bonds is 3. The fourth-order valence-electron chi connectivity index (χ4n) is 1.00. The number of hydrogen-bond acceptors (Lipinski definition) is 5. The van der Waals surface area contributed by atoms with E-state index in [1.807, 2.05) is 0 Å². The summed E-state index contributed by atoms with van der Waals surface area (Å²) >= 11 is 0. The second-order valence-corrected chi connectivity index (χ2v) is 2.91. The second-order valence-electron chi connectivity index (χ2n) is 2.91. The Morgan fingerprint density at radius 3 is 2.31 bits per heavy atom. The molecule has 86 valence electrons. The van der Waals surface area contributed by atoms with E-state index < -0.39 is 18.4 Å². The maximum absolute atomic E-state index is 11.5. The first kappa shape index (κ1) is 12.0. The largest absolute Gasteiger partial charge is 0.511 e. The first-order valence-electron chi connectivity index (χ1n) is 4.64. The van der Waals surface area contributed by atoms with Crippen molar-refractivity contribution in [1.82, 2.24) is 0 Å². The fraction of sp³-hybridized carbons (Fsp3) is 0.273. The van der Waals surface area contributed by atoms with Crippen LogP contribution in [0.5, 0.6) is 0 Å². The van der Waals surface area contributed by atoms with Crippen molar-refractivity contribution in [3.63, 3.8) is 0 Å². The Balaban J connectivity index is 2.49. The van der Waals surface area contributed by atoms with Gasteiger partial charge in [0.15, 0.2) is 0 Å². The summed E-state index contributed by atoms with van der Waals surface area (Å²) in [6, 6.07) is 8.41. The van der Waals surface area contributed by atoms with Crippen LogP contribution in [-0.2, 0) is 14.2 Å². The van der Waals surface area contributed by atoms with Crippen LogP contribution < -0.4 is 0 Å². The van der Waals surface area contributed by atoms with Crippen molar-refractivity contribution in [3.05, 3.63) is 35.9 Å². The lowest BCUT2D eigenvalue weighted by atomic mass is 10.2. The van der Waals surface area contributed by atoms with E-state index in [1.165, 1.54) is 14.0 Å². The Kier molecular flexibility index (Phi) is 4.32. The third-order valence-corrected chi connectivity index (χ3v) is 1.71. The molecule has 5 heteroatoms. The van der Waals surface area contributed by atoms with Crippen LogP contribution in [0.3, 0.4) is 0 Å². The number of esters is 1. The minimum absolute atomic E-state index is 0.391. The highest BCUT2D eigenvalue weighted by atomic mass is 16.8. The van der Waals surface area contributed by atoms with Gasteiger partial charge < -0.3 is 14.2 Å². The van der Waals surface area contributed by atoms with Gasteiger partial charge >= 0.3 is 12.1 Å². The lowest BCUT2D eigenvalue weighted by Gasteiger charge is -2.12. The van der Waals surface area contributed by atoms with Crippen LogP contribution in [0, 0.1) is 0 Å². The van der Waals surface area contributed by atoms with E-state index in [0.29, 0.717) is 5.56 Å². The van der Waals surface area contributed by atoms with E-state index >= 15 is 0 Å². The molecule has 0 radical (unpaired) electrons. The van der Waals surface area contributed by atoms with Crippen LogP contribution in [-0.4, -0.2) is 25.5 Å². The second kappa shape index (κ2) is 5.75. The minimum atomic E-state index is -0.986. The summed E-state index contributed by atoms with van der Waals surface area (Å²) in [5.74, 6) is -0.558. The smallest absolute Gasteiger partial charge is 0.438 e. The molecule has 1 aromatic rings. The molecule has 0 fully saturated rings. The predicted octanol–water partition coefficient (Wildman–Crippen LogP) is 1.97. The first-order valence-corrected chi connectivity index (χ1v) is 4.64. The molecule has 5 nitrogen and oxygen atoms in total. The number of benzene rings is 1. The Hall–Kier alpha value is -2.04. The highest BCUT2D eigenvalue weighted by molar-refractivity contribution is 5.89. The van der Waals surface area contributed by atoms with E-state index in [9.17, 15) is 9.59 Å². The van der Waals surface area contributed by atoms with Crippen LogP contribution in [0.1, 0.15) is 17.3 Å². The molecule has 16 heavy (non-hydrogen) atoms. The van der Waals surface area contributed by atoms with Gasteiger partial charge in [-0.1, -0.05) is 18.2 Å². The summed E-state index contributed by atoms with van der Waals surface area (Å²) in [6.07, 6.45) is -1.88. The van der Waals surface area contributed by atoms with Crippen molar-refractivity contribution in [2.75, 3.05) is 7.11 Å². The zero-order valence-corrected chi connectivity index (χ0v) is 9.01. The fourth-order valence-corrected chi connectivity index (χ4v) is 1.00. The van der Waals surface area contributed by atoms with Gasteiger partial charge in [-0.3, -0.25) is 0 Å². The van der Waals surface area contributed by atoms with E-state index in [-0.39, 0.29) is 0 Å². The molecule has 0 aliphatic rings. The molecular formula is C11H12O5. The van der Waals surface area contributed by atoms with Crippen molar-refractivity contribution in [1.29, 1.82) is 0 Å². The monoisotopic (exact) mass is 224 g/mol. The molecular weight excluding hydrogens is 212 g/mol. The van der Waals surface area contributed by atoms with Gasteiger partial charge in [-0.15, -0.1) is 0 Å². The summed E-state index contributed by atoms with van der Waals surface area (Å²) in [4.78, 5) is 22.2. The molecule has 0 bridgehead atoms. The zero-order chi connectivity index (χ0) is 12.0. The normalized spacial score (nSPS) is 11.4. The van der Waals surface area contributed by atoms with Crippen molar-refractivity contribution >= 4 is 12.1 Å². The molecule has 0 aliphatic carbocycles. The first-order chi connectivity index (χ1) is 7.63. The van der Waals surface area contributed by atoms with Crippen molar-refractivity contribution < 1.29 is 23.8 Å². The van der Waals surface area contributed by atoms with E-state index in [0.717, 1.165) is 0 Å². The lowest BCUT2D eigenvalue weighted by molar-refractivity contribution is -0.0781. The molecule has 1 rings (SSSR count). The molecule has 0 saturated heterocycles. The van der Waals surface area contributed by atoms with Gasteiger partial charge in [0.1, 0.15) is 0 Å². The quantitative estimate of drug-likeness (QED) is 0.580. The summed E-state index contributed by atoms with van der Waals surface area (Å²) in [6.45, 7) is 1.43. The van der Waals surface area contributed by atoms with Gasteiger partial charge in [-0.2, -0.15) is 0 Å². The molecule has 0 aliphatic heterocycles. The molecule has 0 amide bonds. The van der Waals surface area contributed by atoms with Crippen LogP contribution in [0.4, 0.5) is 4.79 Å². The minimum Gasteiger partial charge on any atom is -0.438 e. The average molecular weight is 224 g/mol. The molecule has 1 aromatic carbocycles. The van der Waals surface area contributed by atoms with Crippen molar-refractivity contribution in [3.8, 4) is 0 Å². The number of carbonyl (C=O) groups excluding carboxylic acids is 2. The molecule has 0 N–H and O–H groups in total. The molecule has 1 atom stereocenters. The molecule has 0 saturated carbocycles.